The summed E-state index contributed by atoms with van der Waals surface area (Å²) in [7, 11) is 1.56. The minimum Gasteiger partial charge on any atom is -0.480 e. The number of anilines is 1. The molecule has 2 N–H and O–H groups in total. The molecule has 0 spiro atoms. The number of nitrogens with one attached hydrogen (secondary N) is 1. The number of pyridine rings is 1. The van der Waals surface area contributed by atoms with Crippen LogP contribution in [-0.4, -0.2) is 65.1 Å². The highest BCUT2D eigenvalue weighted by Gasteiger charge is 2.41. The van der Waals surface area contributed by atoms with Crippen molar-refractivity contribution in [2.45, 2.75) is 6.92 Å². The van der Waals surface area contributed by atoms with Crippen molar-refractivity contribution in [2.24, 2.45) is 11.8 Å². The summed E-state index contributed by atoms with van der Waals surface area (Å²) in [4.78, 5) is 35.1. The van der Waals surface area contributed by atoms with Gasteiger partial charge in [-0.1, -0.05) is 11.6 Å². The Balaban J connectivity index is 1.46. The monoisotopic (exact) mass is 454 g/mol. The number of ether oxygens (including phenoxy) is 1. The number of H-pyrrole nitrogens is 1. The van der Waals surface area contributed by atoms with Gasteiger partial charge in [0.1, 0.15) is 5.82 Å². The third kappa shape index (κ3) is 3.35. The minimum absolute atomic E-state index is 0.137. The number of aromatic nitrogens is 2. The Labute approximate surface area is 189 Å². The lowest BCUT2D eigenvalue weighted by Crippen LogP contribution is -2.31. The summed E-state index contributed by atoms with van der Waals surface area (Å²) in [5.41, 5.74) is 2.20. The summed E-state index contributed by atoms with van der Waals surface area (Å²) in [6.45, 7) is 4.91. The summed E-state index contributed by atoms with van der Waals surface area (Å²) in [5.74, 6) is 1.28. The maximum atomic E-state index is 11.7. The summed E-state index contributed by atoms with van der Waals surface area (Å²) >= 11 is 6.53. The van der Waals surface area contributed by atoms with Crippen molar-refractivity contribution in [1.82, 2.24) is 14.9 Å². The number of halogens is 1. The first-order chi connectivity index (χ1) is 15.4. The second-order valence-electron chi connectivity index (χ2n) is 8.46. The van der Waals surface area contributed by atoms with E-state index < -0.39 is 5.97 Å². The lowest BCUT2D eigenvalue weighted by molar-refractivity contribution is -0.128. The number of aromatic carboxylic acids is 1. The molecule has 166 valence electrons. The number of carboxylic acid groups (broad SMARTS) is 1. The van der Waals surface area contributed by atoms with Crippen molar-refractivity contribution < 1.29 is 19.4 Å². The number of likely N-dealkylation sites (tertiary alicyclic amines) is 1. The third-order valence-electron chi connectivity index (χ3n) is 6.58. The standard InChI is InChI=1S/C23H23ClN4O4/c1-12(29)27-8-13-10-28(11-14(13)9-27)21-4-3-15(22(26-21)32-2)16-5-17-18(23(30)31)7-25-20(17)6-19(16)24/h3-7,13-14,25H,8-11H2,1-2H3,(H,30,31). The molecule has 5 rings (SSSR count). The molecule has 1 aromatic carbocycles. The van der Waals surface area contributed by atoms with Crippen LogP contribution in [0.25, 0.3) is 22.0 Å². The van der Waals surface area contributed by atoms with Gasteiger partial charge >= 0.3 is 5.97 Å². The van der Waals surface area contributed by atoms with E-state index in [1.807, 2.05) is 17.0 Å². The first-order valence-electron chi connectivity index (χ1n) is 10.5. The van der Waals surface area contributed by atoms with Gasteiger partial charge in [0, 0.05) is 73.2 Å². The van der Waals surface area contributed by atoms with Gasteiger partial charge in [-0.25, -0.2) is 4.79 Å². The zero-order chi connectivity index (χ0) is 22.6. The van der Waals surface area contributed by atoms with Crippen LogP contribution in [0.1, 0.15) is 17.3 Å². The molecule has 2 unspecified atom stereocenters. The van der Waals surface area contributed by atoms with Crippen LogP contribution < -0.4 is 9.64 Å². The quantitative estimate of drug-likeness (QED) is 0.626. The average molecular weight is 455 g/mol. The molecule has 2 atom stereocenters. The van der Waals surface area contributed by atoms with E-state index in [2.05, 4.69) is 9.88 Å². The molecule has 9 heteroatoms. The van der Waals surface area contributed by atoms with E-state index in [-0.39, 0.29) is 11.5 Å². The van der Waals surface area contributed by atoms with E-state index in [4.69, 9.17) is 21.3 Å². The smallest absolute Gasteiger partial charge is 0.337 e. The summed E-state index contributed by atoms with van der Waals surface area (Å²) < 4.78 is 5.60. The van der Waals surface area contributed by atoms with E-state index in [0.717, 1.165) is 32.0 Å². The van der Waals surface area contributed by atoms with Gasteiger partial charge < -0.3 is 24.6 Å². The Morgan fingerprint density at radius 1 is 1.16 bits per heavy atom. The molecule has 2 aliphatic rings. The van der Waals surface area contributed by atoms with E-state index in [0.29, 0.717) is 44.8 Å². The number of nitrogens with zero attached hydrogens (tertiary/aromatic N) is 3. The number of fused-ring (bicyclic) bond motifs is 2. The van der Waals surface area contributed by atoms with Crippen molar-refractivity contribution in [3.05, 3.63) is 41.0 Å². The summed E-state index contributed by atoms with van der Waals surface area (Å²) in [5, 5.41) is 10.5. The third-order valence-corrected chi connectivity index (χ3v) is 6.90. The van der Waals surface area contributed by atoms with Crippen LogP contribution >= 0.6 is 11.6 Å². The number of methoxy groups -OCH3 is 1. The Bertz CT molecular complexity index is 1230. The normalized spacial score (nSPS) is 20.1. The van der Waals surface area contributed by atoms with E-state index in [1.54, 1.807) is 26.2 Å². The number of rotatable bonds is 4. The lowest BCUT2D eigenvalue weighted by Gasteiger charge is -2.22. The molecule has 2 aromatic heterocycles. The predicted octanol–water partition coefficient (Wildman–Crippen LogP) is 3.50. The fraction of sp³-hybridized carbons (Fsp3) is 0.348. The van der Waals surface area contributed by atoms with Crippen LogP contribution in [0, 0.1) is 11.8 Å². The number of carbonyl (C=O) groups excluding carboxylic acids is 1. The molecule has 3 aromatic rings. The van der Waals surface area contributed by atoms with Crippen molar-refractivity contribution in [3.8, 4) is 17.0 Å². The maximum absolute atomic E-state index is 11.7. The Morgan fingerprint density at radius 3 is 2.50 bits per heavy atom. The van der Waals surface area contributed by atoms with E-state index in [1.165, 1.54) is 6.20 Å². The van der Waals surface area contributed by atoms with Crippen LogP contribution in [0.15, 0.2) is 30.5 Å². The van der Waals surface area contributed by atoms with Crippen molar-refractivity contribution in [3.63, 3.8) is 0 Å². The SMILES string of the molecule is COc1nc(N2CC3CN(C(C)=O)CC3C2)ccc1-c1cc2c(C(=O)O)c[nH]c2cc1Cl. The van der Waals surface area contributed by atoms with Crippen LogP contribution in [0.5, 0.6) is 5.88 Å². The highest BCUT2D eigenvalue weighted by Crippen LogP contribution is 2.40. The largest absolute Gasteiger partial charge is 0.480 e. The molecule has 32 heavy (non-hydrogen) atoms. The van der Waals surface area contributed by atoms with Gasteiger partial charge in [-0.3, -0.25) is 4.79 Å². The zero-order valence-corrected chi connectivity index (χ0v) is 18.5. The number of amides is 1. The van der Waals surface area contributed by atoms with Gasteiger partial charge in [0.15, 0.2) is 0 Å². The van der Waals surface area contributed by atoms with Crippen molar-refractivity contribution in [1.29, 1.82) is 0 Å². The molecule has 2 fully saturated rings. The molecular formula is C23H23ClN4O4. The molecule has 4 heterocycles. The fourth-order valence-corrected chi connectivity index (χ4v) is 5.20. The topological polar surface area (TPSA) is 98.8 Å². The first-order valence-corrected chi connectivity index (χ1v) is 10.8. The van der Waals surface area contributed by atoms with E-state index in [9.17, 15) is 14.7 Å². The lowest BCUT2D eigenvalue weighted by atomic mass is 10.0. The number of benzene rings is 1. The number of carboxylic acids is 1. The van der Waals surface area contributed by atoms with Gasteiger partial charge in [-0.2, -0.15) is 4.98 Å². The van der Waals surface area contributed by atoms with Gasteiger partial charge in [0.05, 0.1) is 17.7 Å². The fourth-order valence-electron chi connectivity index (χ4n) is 4.93. The van der Waals surface area contributed by atoms with Crippen LogP contribution in [0.4, 0.5) is 5.82 Å². The Morgan fingerprint density at radius 2 is 1.88 bits per heavy atom. The molecule has 8 nitrogen and oxygen atoms in total. The number of hydrogen-bond acceptors (Lipinski definition) is 5. The molecule has 2 aliphatic heterocycles. The zero-order valence-electron chi connectivity index (χ0n) is 17.8. The summed E-state index contributed by atoms with van der Waals surface area (Å²) in [6.07, 6.45) is 1.46. The van der Waals surface area contributed by atoms with Gasteiger partial charge in [0.2, 0.25) is 11.8 Å². The van der Waals surface area contributed by atoms with Crippen molar-refractivity contribution >= 4 is 40.2 Å². The Kier molecular flexibility index (Phi) is 4.97. The minimum atomic E-state index is -1.01. The molecule has 0 saturated carbocycles. The van der Waals surface area contributed by atoms with Gasteiger partial charge in [-0.15, -0.1) is 0 Å². The number of carbonyl (C=O) groups is 2. The summed E-state index contributed by atoms with van der Waals surface area (Å²) in [6, 6.07) is 7.33. The first kappa shape index (κ1) is 20.6. The molecular weight excluding hydrogens is 432 g/mol. The van der Waals surface area contributed by atoms with E-state index >= 15 is 0 Å². The molecule has 1 amide bonds. The molecule has 0 radical (unpaired) electrons. The molecule has 0 bridgehead atoms. The van der Waals surface area contributed by atoms with Crippen molar-refractivity contribution in [2.75, 3.05) is 38.2 Å². The number of hydrogen-bond donors (Lipinski definition) is 2. The molecule has 0 aliphatic carbocycles. The molecule has 2 saturated heterocycles. The highest BCUT2D eigenvalue weighted by molar-refractivity contribution is 6.34. The van der Waals surface area contributed by atoms with Gasteiger partial charge in [-0.05, 0) is 24.3 Å². The maximum Gasteiger partial charge on any atom is 0.337 e. The van der Waals surface area contributed by atoms with Crippen LogP contribution in [-0.2, 0) is 4.79 Å². The highest BCUT2D eigenvalue weighted by atomic mass is 35.5. The second kappa shape index (κ2) is 7.70. The van der Waals surface area contributed by atoms with Gasteiger partial charge in [0.25, 0.3) is 0 Å². The predicted molar refractivity (Wildman–Crippen MR) is 121 cm³/mol. The van der Waals surface area contributed by atoms with Crippen LogP contribution in [0.3, 0.4) is 0 Å². The Hall–Kier alpha value is -3.26. The van der Waals surface area contributed by atoms with Crippen LogP contribution in [0.2, 0.25) is 5.02 Å². The average Bonchev–Trinajstić information content (AvgIpc) is 3.45. The second-order valence-corrected chi connectivity index (χ2v) is 8.87. The number of aromatic amines is 1.